The molecule has 1 aliphatic rings. The third-order valence-electron chi connectivity index (χ3n) is 2.77. The third kappa shape index (κ3) is 2.25. The molecule has 7 heteroatoms. The van der Waals surface area contributed by atoms with Gasteiger partial charge in [0.15, 0.2) is 17.6 Å². The molecule has 0 amide bonds. The highest BCUT2D eigenvalue weighted by atomic mass is 16.6. The Morgan fingerprint density at radius 2 is 2.16 bits per heavy atom. The maximum Gasteiger partial charge on any atom is 0.246 e. The number of para-hydroxylation sites is 2. The molecule has 1 aromatic carbocycles. The number of aliphatic hydroxyl groups excluding tert-OH is 1. The molecule has 1 aliphatic heterocycles. The van der Waals surface area contributed by atoms with Gasteiger partial charge in [0.2, 0.25) is 11.7 Å². The average Bonchev–Trinajstić information content (AvgIpc) is 2.95. The number of nitrogens with zero attached hydrogens (tertiary/aromatic N) is 2. The minimum Gasteiger partial charge on any atom is -0.485 e. The molecule has 7 nitrogen and oxygen atoms in total. The van der Waals surface area contributed by atoms with E-state index in [1.807, 2.05) is 24.3 Å². The first-order chi connectivity index (χ1) is 9.28. The van der Waals surface area contributed by atoms with Crippen molar-refractivity contribution in [2.24, 2.45) is 5.73 Å². The van der Waals surface area contributed by atoms with Crippen LogP contribution in [0.25, 0.3) is 0 Å². The molecule has 0 aliphatic carbocycles. The molecule has 0 saturated heterocycles. The number of aromatic nitrogens is 2. The SMILES string of the molecule is NC(CO)c1nc(C2COc3ccccc3O2)no1. The van der Waals surface area contributed by atoms with E-state index in [-0.39, 0.29) is 12.5 Å². The number of hydrogen-bond acceptors (Lipinski definition) is 7. The Labute approximate surface area is 108 Å². The van der Waals surface area contributed by atoms with Crippen LogP contribution in [0.2, 0.25) is 0 Å². The van der Waals surface area contributed by atoms with Crippen molar-refractivity contribution in [3.63, 3.8) is 0 Å². The lowest BCUT2D eigenvalue weighted by Gasteiger charge is -2.24. The molecule has 3 N–H and O–H groups in total. The Balaban J connectivity index is 1.79. The van der Waals surface area contributed by atoms with Gasteiger partial charge in [-0.15, -0.1) is 0 Å². The third-order valence-corrected chi connectivity index (χ3v) is 2.77. The van der Waals surface area contributed by atoms with Crippen LogP contribution in [0.1, 0.15) is 23.9 Å². The van der Waals surface area contributed by atoms with E-state index < -0.39 is 12.1 Å². The van der Waals surface area contributed by atoms with Gasteiger partial charge in [-0.1, -0.05) is 17.3 Å². The number of benzene rings is 1. The molecule has 0 saturated carbocycles. The van der Waals surface area contributed by atoms with E-state index in [0.717, 1.165) is 0 Å². The Hall–Kier alpha value is -2.12. The molecule has 19 heavy (non-hydrogen) atoms. The molecule has 2 unspecified atom stereocenters. The molecule has 0 bridgehead atoms. The highest BCUT2D eigenvalue weighted by Crippen LogP contribution is 2.35. The van der Waals surface area contributed by atoms with Gasteiger partial charge in [-0.05, 0) is 12.1 Å². The summed E-state index contributed by atoms with van der Waals surface area (Å²) in [6, 6.07) is 6.68. The molecule has 2 aromatic rings. The average molecular weight is 263 g/mol. The normalized spacial score (nSPS) is 19.2. The van der Waals surface area contributed by atoms with Crippen molar-refractivity contribution in [3.8, 4) is 11.5 Å². The van der Waals surface area contributed by atoms with Gasteiger partial charge in [-0.2, -0.15) is 4.98 Å². The molecule has 0 radical (unpaired) electrons. The largest absolute Gasteiger partial charge is 0.485 e. The second-order valence-corrected chi connectivity index (χ2v) is 4.14. The lowest BCUT2D eigenvalue weighted by Crippen LogP contribution is -2.23. The molecule has 0 fully saturated rings. The number of ether oxygens (including phenoxy) is 2. The monoisotopic (exact) mass is 263 g/mol. The van der Waals surface area contributed by atoms with Crippen LogP contribution in [-0.4, -0.2) is 28.5 Å². The highest BCUT2D eigenvalue weighted by molar-refractivity contribution is 5.40. The summed E-state index contributed by atoms with van der Waals surface area (Å²) in [7, 11) is 0. The van der Waals surface area contributed by atoms with E-state index in [2.05, 4.69) is 10.1 Å². The fourth-order valence-electron chi connectivity index (χ4n) is 1.75. The summed E-state index contributed by atoms with van der Waals surface area (Å²) in [5, 5.41) is 12.7. The summed E-state index contributed by atoms with van der Waals surface area (Å²) in [6.07, 6.45) is -0.446. The first-order valence-corrected chi connectivity index (χ1v) is 5.86. The van der Waals surface area contributed by atoms with Crippen LogP contribution >= 0.6 is 0 Å². The van der Waals surface area contributed by atoms with Crippen LogP contribution in [-0.2, 0) is 0 Å². The fraction of sp³-hybridized carbons (Fsp3) is 0.333. The molecule has 100 valence electrons. The Morgan fingerprint density at radius 3 is 2.95 bits per heavy atom. The van der Waals surface area contributed by atoms with Crippen LogP contribution in [0.4, 0.5) is 0 Å². The highest BCUT2D eigenvalue weighted by Gasteiger charge is 2.27. The van der Waals surface area contributed by atoms with Crippen molar-refractivity contribution >= 4 is 0 Å². The zero-order valence-corrected chi connectivity index (χ0v) is 10.0. The minimum atomic E-state index is -0.682. The quantitative estimate of drug-likeness (QED) is 0.834. The van der Waals surface area contributed by atoms with Gasteiger partial charge in [0.1, 0.15) is 12.6 Å². The summed E-state index contributed by atoms with van der Waals surface area (Å²) in [5.41, 5.74) is 5.60. The van der Waals surface area contributed by atoms with Crippen LogP contribution in [0, 0.1) is 0 Å². The predicted octanol–water partition coefficient (Wildman–Crippen LogP) is 0.574. The molecular formula is C12H13N3O4. The van der Waals surface area contributed by atoms with Crippen molar-refractivity contribution in [2.75, 3.05) is 13.2 Å². The summed E-state index contributed by atoms with van der Waals surface area (Å²) in [5.74, 6) is 1.86. The summed E-state index contributed by atoms with van der Waals surface area (Å²) < 4.78 is 16.3. The first-order valence-electron chi connectivity index (χ1n) is 5.86. The zero-order valence-electron chi connectivity index (χ0n) is 10.0. The van der Waals surface area contributed by atoms with Crippen molar-refractivity contribution in [1.29, 1.82) is 0 Å². The standard InChI is InChI=1S/C12H13N3O4/c13-7(5-16)12-14-11(15-19-12)10-6-17-8-3-1-2-4-9(8)18-10/h1-4,7,10,16H,5-6,13H2. The second-order valence-electron chi connectivity index (χ2n) is 4.14. The Bertz CT molecular complexity index is 572. The number of hydrogen-bond donors (Lipinski definition) is 2. The maximum absolute atomic E-state index is 8.93. The summed E-state index contributed by atoms with van der Waals surface area (Å²) in [4.78, 5) is 4.11. The van der Waals surface area contributed by atoms with Gasteiger partial charge in [-0.3, -0.25) is 0 Å². The Kier molecular flexibility index (Phi) is 3.06. The van der Waals surface area contributed by atoms with Gasteiger partial charge in [0, 0.05) is 0 Å². The number of rotatable bonds is 3. The smallest absolute Gasteiger partial charge is 0.246 e. The maximum atomic E-state index is 8.93. The summed E-state index contributed by atoms with van der Waals surface area (Å²) >= 11 is 0. The van der Waals surface area contributed by atoms with Crippen molar-refractivity contribution in [3.05, 3.63) is 36.0 Å². The van der Waals surface area contributed by atoms with Gasteiger partial charge in [-0.25, -0.2) is 0 Å². The van der Waals surface area contributed by atoms with E-state index in [0.29, 0.717) is 23.9 Å². The first kappa shape index (κ1) is 11.9. The van der Waals surface area contributed by atoms with Gasteiger partial charge in [0.05, 0.1) is 6.61 Å². The predicted molar refractivity (Wildman–Crippen MR) is 63.6 cm³/mol. The van der Waals surface area contributed by atoms with E-state index >= 15 is 0 Å². The zero-order chi connectivity index (χ0) is 13.2. The Morgan fingerprint density at radius 1 is 1.37 bits per heavy atom. The number of nitrogens with two attached hydrogens (primary N) is 1. The molecule has 3 rings (SSSR count). The molecule has 1 aromatic heterocycles. The van der Waals surface area contributed by atoms with Crippen LogP contribution in [0.15, 0.2) is 28.8 Å². The molecular weight excluding hydrogens is 250 g/mol. The van der Waals surface area contributed by atoms with E-state index in [4.69, 9.17) is 24.8 Å². The molecule has 2 heterocycles. The van der Waals surface area contributed by atoms with E-state index in [9.17, 15) is 0 Å². The van der Waals surface area contributed by atoms with Crippen LogP contribution < -0.4 is 15.2 Å². The lowest BCUT2D eigenvalue weighted by molar-refractivity contribution is 0.0832. The minimum absolute atomic E-state index is 0.181. The summed E-state index contributed by atoms with van der Waals surface area (Å²) in [6.45, 7) is 0.0385. The van der Waals surface area contributed by atoms with E-state index in [1.54, 1.807) is 0 Å². The lowest BCUT2D eigenvalue weighted by atomic mass is 10.2. The van der Waals surface area contributed by atoms with Crippen molar-refractivity contribution in [2.45, 2.75) is 12.1 Å². The number of fused-ring (bicyclic) bond motifs is 1. The van der Waals surface area contributed by atoms with Crippen LogP contribution in [0.3, 0.4) is 0 Å². The van der Waals surface area contributed by atoms with Gasteiger partial charge >= 0.3 is 0 Å². The van der Waals surface area contributed by atoms with Gasteiger partial charge in [0.25, 0.3) is 0 Å². The fourth-order valence-corrected chi connectivity index (χ4v) is 1.75. The van der Waals surface area contributed by atoms with Crippen molar-refractivity contribution < 1.29 is 19.1 Å². The van der Waals surface area contributed by atoms with Crippen molar-refractivity contribution in [1.82, 2.24) is 10.1 Å². The number of aliphatic hydroxyl groups is 1. The topological polar surface area (TPSA) is 104 Å². The molecule has 0 spiro atoms. The second kappa shape index (κ2) is 4.87. The van der Waals surface area contributed by atoms with Crippen LogP contribution in [0.5, 0.6) is 11.5 Å². The molecule has 2 atom stereocenters. The van der Waals surface area contributed by atoms with Gasteiger partial charge < -0.3 is 24.8 Å². The van der Waals surface area contributed by atoms with E-state index in [1.165, 1.54) is 0 Å².